The van der Waals surface area contributed by atoms with Crippen LogP contribution in [0, 0.1) is 5.82 Å². The van der Waals surface area contributed by atoms with Crippen LogP contribution in [0.25, 0.3) is 0 Å². The Balaban J connectivity index is 2.21. The van der Waals surface area contributed by atoms with E-state index in [0.717, 1.165) is 4.47 Å². The Bertz CT molecular complexity index is 584. The number of benzene rings is 2. The summed E-state index contributed by atoms with van der Waals surface area (Å²) < 4.78 is 14.6. The number of hydrogen-bond donors (Lipinski definition) is 1. The Morgan fingerprint density at radius 3 is 2.39 bits per heavy atom. The lowest BCUT2D eigenvalue weighted by Crippen LogP contribution is -2.12. The van der Waals surface area contributed by atoms with Gasteiger partial charge < -0.3 is 5.32 Å². The normalized spacial score (nSPS) is 10.2. The number of anilines is 1. The van der Waals surface area contributed by atoms with Gasteiger partial charge in [0.05, 0.1) is 5.69 Å². The molecule has 2 aromatic carbocycles. The Kier molecular flexibility index (Phi) is 4.14. The van der Waals surface area contributed by atoms with Crippen molar-refractivity contribution >= 4 is 43.5 Å². The number of amides is 1. The Morgan fingerprint density at radius 2 is 1.72 bits per heavy atom. The van der Waals surface area contributed by atoms with E-state index in [4.69, 9.17) is 0 Å². The molecule has 0 aliphatic heterocycles. The van der Waals surface area contributed by atoms with Crippen molar-refractivity contribution in [3.8, 4) is 0 Å². The third-order valence-corrected chi connectivity index (χ3v) is 3.50. The molecule has 2 nitrogen and oxygen atoms in total. The van der Waals surface area contributed by atoms with E-state index in [-0.39, 0.29) is 5.91 Å². The number of hydrogen-bond acceptors (Lipinski definition) is 1. The van der Waals surface area contributed by atoms with E-state index in [9.17, 15) is 9.18 Å². The molecule has 1 amide bonds. The minimum absolute atomic E-state index is 0.284. The molecular formula is C13H8Br2FNO. The van der Waals surface area contributed by atoms with Crippen LogP contribution >= 0.6 is 31.9 Å². The molecule has 0 saturated carbocycles. The van der Waals surface area contributed by atoms with E-state index in [1.807, 2.05) is 0 Å². The first-order chi connectivity index (χ1) is 8.56. The Hall–Kier alpha value is -1.20. The van der Waals surface area contributed by atoms with Crippen LogP contribution in [0.2, 0.25) is 0 Å². The van der Waals surface area contributed by atoms with Gasteiger partial charge in [-0.1, -0.05) is 15.9 Å². The topological polar surface area (TPSA) is 29.1 Å². The zero-order valence-electron chi connectivity index (χ0n) is 9.08. The van der Waals surface area contributed by atoms with Gasteiger partial charge in [0, 0.05) is 14.5 Å². The highest BCUT2D eigenvalue weighted by molar-refractivity contribution is 9.10. The molecule has 0 radical (unpaired) electrons. The van der Waals surface area contributed by atoms with E-state index in [1.54, 1.807) is 30.3 Å². The SMILES string of the molecule is O=C(Nc1cc(F)ccc1Br)c1ccc(Br)cc1. The molecule has 0 atom stereocenters. The van der Waals surface area contributed by atoms with Gasteiger partial charge in [-0.3, -0.25) is 4.79 Å². The van der Waals surface area contributed by atoms with Crippen LogP contribution in [-0.2, 0) is 0 Å². The van der Waals surface area contributed by atoms with Gasteiger partial charge in [-0.25, -0.2) is 4.39 Å². The van der Waals surface area contributed by atoms with Crippen LogP contribution in [0.5, 0.6) is 0 Å². The maximum atomic E-state index is 13.1. The second kappa shape index (κ2) is 5.63. The largest absolute Gasteiger partial charge is 0.321 e. The molecule has 18 heavy (non-hydrogen) atoms. The average molecular weight is 373 g/mol. The van der Waals surface area contributed by atoms with Crippen LogP contribution in [0.15, 0.2) is 51.4 Å². The second-order valence-electron chi connectivity index (χ2n) is 3.59. The van der Waals surface area contributed by atoms with Gasteiger partial charge in [0.15, 0.2) is 0 Å². The highest BCUT2D eigenvalue weighted by Crippen LogP contribution is 2.23. The van der Waals surface area contributed by atoms with E-state index < -0.39 is 5.82 Å². The van der Waals surface area contributed by atoms with E-state index in [2.05, 4.69) is 37.2 Å². The lowest BCUT2D eigenvalue weighted by Gasteiger charge is -2.07. The molecule has 0 fully saturated rings. The summed E-state index contributed by atoms with van der Waals surface area (Å²) in [6, 6.07) is 11.1. The summed E-state index contributed by atoms with van der Waals surface area (Å²) in [7, 11) is 0. The smallest absolute Gasteiger partial charge is 0.255 e. The van der Waals surface area contributed by atoms with Crippen molar-refractivity contribution in [2.45, 2.75) is 0 Å². The molecule has 0 aliphatic rings. The third-order valence-electron chi connectivity index (χ3n) is 2.28. The van der Waals surface area contributed by atoms with Crippen molar-refractivity contribution in [2.24, 2.45) is 0 Å². The summed E-state index contributed by atoms with van der Waals surface area (Å²) in [5.41, 5.74) is 0.914. The number of carbonyl (C=O) groups is 1. The molecule has 0 bridgehead atoms. The lowest BCUT2D eigenvalue weighted by molar-refractivity contribution is 0.102. The molecule has 0 spiro atoms. The maximum absolute atomic E-state index is 13.1. The fourth-order valence-electron chi connectivity index (χ4n) is 1.39. The lowest BCUT2D eigenvalue weighted by atomic mass is 10.2. The van der Waals surface area contributed by atoms with Gasteiger partial charge in [-0.15, -0.1) is 0 Å². The first-order valence-corrected chi connectivity index (χ1v) is 6.67. The van der Waals surface area contributed by atoms with E-state index in [0.29, 0.717) is 15.7 Å². The minimum atomic E-state index is -0.399. The van der Waals surface area contributed by atoms with Crippen LogP contribution in [-0.4, -0.2) is 5.91 Å². The third kappa shape index (κ3) is 3.17. The Labute approximate surface area is 120 Å². The van der Waals surface area contributed by atoms with Crippen molar-refractivity contribution in [1.82, 2.24) is 0 Å². The maximum Gasteiger partial charge on any atom is 0.255 e. The molecule has 2 rings (SSSR count). The molecule has 0 saturated heterocycles. The molecule has 0 aromatic heterocycles. The summed E-state index contributed by atoms with van der Waals surface area (Å²) in [6.45, 7) is 0. The molecule has 0 unspecified atom stereocenters. The van der Waals surface area contributed by atoms with Crippen LogP contribution in [0.4, 0.5) is 10.1 Å². The zero-order chi connectivity index (χ0) is 13.1. The monoisotopic (exact) mass is 371 g/mol. The molecule has 1 N–H and O–H groups in total. The summed E-state index contributed by atoms with van der Waals surface area (Å²) in [5, 5.41) is 2.65. The number of nitrogens with one attached hydrogen (secondary N) is 1. The van der Waals surface area contributed by atoms with Crippen molar-refractivity contribution < 1.29 is 9.18 Å². The fourth-order valence-corrected chi connectivity index (χ4v) is 2.00. The first kappa shape index (κ1) is 13.2. The quantitative estimate of drug-likeness (QED) is 0.819. The first-order valence-electron chi connectivity index (χ1n) is 5.08. The molecule has 5 heteroatoms. The standard InChI is InChI=1S/C13H8Br2FNO/c14-9-3-1-8(2-4-9)13(18)17-12-7-10(16)5-6-11(12)15/h1-7H,(H,17,18). The average Bonchev–Trinajstić information content (AvgIpc) is 2.34. The molecule has 2 aromatic rings. The molecule has 92 valence electrons. The number of rotatable bonds is 2. The summed E-state index contributed by atoms with van der Waals surface area (Å²) in [4.78, 5) is 11.9. The summed E-state index contributed by atoms with van der Waals surface area (Å²) >= 11 is 6.55. The van der Waals surface area contributed by atoms with Gasteiger partial charge >= 0.3 is 0 Å². The molecular weight excluding hydrogens is 365 g/mol. The van der Waals surface area contributed by atoms with Crippen molar-refractivity contribution in [3.63, 3.8) is 0 Å². The van der Waals surface area contributed by atoms with Crippen molar-refractivity contribution in [3.05, 3.63) is 62.8 Å². The van der Waals surface area contributed by atoms with Crippen molar-refractivity contribution in [2.75, 3.05) is 5.32 Å². The van der Waals surface area contributed by atoms with Crippen molar-refractivity contribution in [1.29, 1.82) is 0 Å². The highest BCUT2D eigenvalue weighted by Gasteiger charge is 2.08. The molecule has 0 aliphatic carbocycles. The van der Waals surface area contributed by atoms with Crippen LogP contribution in [0.3, 0.4) is 0 Å². The second-order valence-corrected chi connectivity index (χ2v) is 5.36. The van der Waals surface area contributed by atoms with E-state index in [1.165, 1.54) is 12.1 Å². The van der Waals surface area contributed by atoms with Gasteiger partial charge in [-0.05, 0) is 58.4 Å². The minimum Gasteiger partial charge on any atom is -0.321 e. The van der Waals surface area contributed by atoms with Gasteiger partial charge in [0.1, 0.15) is 5.82 Å². The van der Waals surface area contributed by atoms with Gasteiger partial charge in [0.25, 0.3) is 5.91 Å². The van der Waals surface area contributed by atoms with Crippen LogP contribution in [0.1, 0.15) is 10.4 Å². The predicted octanol–water partition coefficient (Wildman–Crippen LogP) is 4.60. The number of halogens is 3. The van der Waals surface area contributed by atoms with E-state index >= 15 is 0 Å². The Morgan fingerprint density at radius 1 is 1.06 bits per heavy atom. The zero-order valence-corrected chi connectivity index (χ0v) is 12.3. The molecule has 0 heterocycles. The fraction of sp³-hybridized carbons (Fsp3) is 0. The number of carbonyl (C=O) groups excluding carboxylic acids is 1. The predicted molar refractivity (Wildman–Crippen MR) is 76.2 cm³/mol. The van der Waals surface area contributed by atoms with Crippen LogP contribution < -0.4 is 5.32 Å². The summed E-state index contributed by atoms with van der Waals surface area (Å²) in [6.07, 6.45) is 0. The van der Waals surface area contributed by atoms with Gasteiger partial charge in [-0.2, -0.15) is 0 Å². The van der Waals surface area contributed by atoms with Gasteiger partial charge in [0.2, 0.25) is 0 Å². The highest BCUT2D eigenvalue weighted by atomic mass is 79.9. The summed E-state index contributed by atoms with van der Waals surface area (Å²) in [5.74, 6) is -0.682.